The minimum Gasteiger partial charge on any atom is -0.382 e. The van der Waals surface area contributed by atoms with Crippen LogP contribution in [0.1, 0.15) is 45.6 Å². The van der Waals surface area contributed by atoms with E-state index in [0.29, 0.717) is 6.04 Å². The van der Waals surface area contributed by atoms with Crippen molar-refractivity contribution in [1.82, 2.24) is 4.90 Å². The van der Waals surface area contributed by atoms with Gasteiger partial charge in [0, 0.05) is 18.3 Å². The zero-order valence-electron chi connectivity index (χ0n) is 14.4. The summed E-state index contributed by atoms with van der Waals surface area (Å²) < 4.78 is 0. The highest BCUT2D eigenvalue weighted by Gasteiger charge is 2.30. The number of nitrogens with zero attached hydrogens (tertiary/aromatic N) is 1. The van der Waals surface area contributed by atoms with Crippen molar-refractivity contribution < 1.29 is 0 Å². The summed E-state index contributed by atoms with van der Waals surface area (Å²) in [4.78, 5) is 2.21. The van der Waals surface area contributed by atoms with Gasteiger partial charge in [-0.3, -0.25) is 0 Å². The minimum atomic E-state index is 0.633. The summed E-state index contributed by atoms with van der Waals surface area (Å²) in [5, 5.41) is 3.81. The van der Waals surface area contributed by atoms with E-state index in [2.05, 4.69) is 69.3 Å². The van der Waals surface area contributed by atoms with E-state index in [4.69, 9.17) is 0 Å². The van der Waals surface area contributed by atoms with Gasteiger partial charge >= 0.3 is 0 Å². The first-order valence-electron chi connectivity index (χ1n) is 8.46. The second kappa shape index (κ2) is 7.31. The molecule has 0 saturated heterocycles. The number of rotatable bonds is 5. The fraction of sp³-hybridized carbons (Fsp3) is 0.684. The zero-order chi connectivity index (χ0) is 15.4. The Hall–Kier alpha value is -1.02. The molecule has 118 valence electrons. The molecular weight excluding hydrogens is 256 g/mol. The lowest BCUT2D eigenvalue weighted by Gasteiger charge is -2.38. The van der Waals surface area contributed by atoms with Crippen LogP contribution in [-0.2, 0) is 6.54 Å². The van der Waals surface area contributed by atoms with Gasteiger partial charge in [0.05, 0.1) is 0 Å². The van der Waals surface area contributed by atoms with Gasteiger partial charge in [0.15, 0.2) is 0 Å². The molecule has 0 radical (unpaired) electrons. The van der Waals surface area contributed by atoms with Gasteiger partial charge in [-0.05, 0) is 62.4 Å². The molecule has 1 saturated carbocycles. The van der Waals surface area contributed by atoms with Crippen LogP contribution in [0.15, 0.2) is 24.3 Å². The summed E-state index contributed by atoms with van der Waals surface area (Å²) in [6.45, 7) is 8.14. The first kappa shape index (κ1) is 16.4. The van der Waals surface area contributed by atoms with Gasteiger partial charge in [-0.25, -0.2) is 0 Å². The molecule has 2 heteroatoms. The van der Waals surface area contributed by atoms with Gasteiger partial charge in [-0.15, -0.1) is 0 Å². The molecule has 0 bridgehead atoms. The van der Waals surface area contributed by atoms with Crippen molar-refractivity contribution in [3.8, 4) is 0 Å². The molecule has 0 spiro atoms. The summed E-state index contributed by atoms with van der Waals surface area (Å²) in [5.41, 5.74) is 2.66. The SMILES string of the molecule is CC1CCC(C(C)C)C(Nc2ccc(CN(C)C)cc2)C1. The Morgan fingerprint density at radius 3 is 2.38 bits per heavy atom. The van der Waals surface area contributed by atoms with E-state index in [0.717, 1.165) is 24.3 Å². The number of anilines is 1. The fourth-order valence-electron chi connectivity index (χ4n) is 3.65. The van der Waals surface area contributed by atoms with Crippen molar-refractivity contribution in [1.29, 1.82) is 0 Å². The van der Waals surface area contributed by atoms with Crippen LogP contribution in [0, 0.1) is 17.8 Å². The smallest absolute Gasteiger partial charge is 0.0342 e. The molecular formula is C19H32N2. The van der Waals surface area contributed by atoms with Gasteiger partial charge in [-0.2, -0.15) is 0 Å². The molecule has 0 heterocycles. The summed E-state index contributed by atoms with van der Waals surface area (Å²) in [6.07, 6.45) is 4.07. The summed E-state index contributed by atoms with van der Waals surface area (Å²) in [6, 6.07) is 9.62. The van der Waals surface area contributed by atoms with Crippen LogP contribution in [0.25, 0.3) is 0 Å². The van der Waals surface area contributed by atoms with E-state index in [1.165, 1.54) is 30.5 Å². The van der Waals surface area contributed by atoms with Crippen molar-refractivity contribution in [2.45, 2.75) is 52.6 Å². The van der Waals surface area contributed by atoms with E-state index < -0.39 is 0 Å². The van der Waals surface area contributed by atoms with Gasteiger partial charge in [0.1, 0.15) is 0 Å². The van der Waals surface area contributed by atoms with Crippen LogP contribution in [-0.4, -0.2) is 25.0 Å². The van der Waals surface area contributed by atoms with Crippen LogP contribution in [0.2, 0.25) is 0 Å². The highest BCUT2D eigenvalue weighted by Crippen LogP contribution is 2.35. The molecule has 2 nitrogen and oxygen atoms in total. The third-order valence-electron chi connectivity index (χ3n) is 4.83. The predicted octanol–water partition coefficient (Wildman–Crippen LogP) is 4.62. The van der Waals surface area contributed by atoms with Crippen LogP contribution < -0.4 is 5.32 Å². The molecule has 1 aromatic rings. The first-order valence-corrected chi connectivity index (χ1v) is 8.46. The second-order valence-electron chi connectivity index (χ2n) is 7.51. The van der Waals surface area contributed by atoms with Crippen molar-refractivity contribution in [2.24, 2.45) is 17.8 Å². The molecule has 1 N–H and O–H groups in total. The topological polar surface area (TPSA) is 15.3 Å². The second-order valence-corrected chi connectivity index (χ2v) is 7.51. The van der Waals surface area contributed by atoms with E-state index in [9.17, 15) is 0 Å². The maximum Gasteiger partial charge on any atom is 0.0342 e. The first-order chi connectivity index (χ1) is 9.95. The van der Waals surface area contributed by atoms with Crippen LogP contribution in [0.4, 0.5) is 5.69 Å². The summed E-state index contributed by atoms with van der Waals surface area (Å²) >= 11 is 0. The monoisotopic (exact) mass is 288 g/mol. The van der Waals surface area contributed by atoms with Crippen molar-refractivity contribution >= 4 is 5.69 Å². The molecule has 1 aliphatic carbocycles. The largest absolute Gasteiger partial charge is 0.382 e. The Bertz CT molecular complexity index is 422. The molecule has 3 atom stereocenters. The van der Waals surface area contributed by atoms with Gasteiger partial charge in [-0.1, -0.05) is 39.3 Å². The van der Waals surface area contributed by atoms with Crippen molar-refractivity contribution in [3.05, 3.63) is 29.8 Å². The Kier molecular flexibility index (Phi) is 5.69. The van der Waals surface area contributed by atoms with Crippen LogP contribution in [0.3, 0.4) is 0 Å². The Balaban J connectivity index is 2.01. The molecule has 1 aliphatic rings. The fourth-order valence-corrected chi connectivity index (χ4v) is 3.65. The van der Waals surface area contributed by atoms with E-state index >= 15 is 0 Å². The molecule has 1 aromatic carbocycles. The molecule has 0 aliphatic heterocycles. The Morgan fingerprint density at radius 1 is 1.14 bits per heavy atom. The number of hydrogen-bond donors (Lipinski definition) is 1. The highest BCUT2D eigenvalue weighted by atomic mass is 15.0. The van der Waals surface area contributed by atoms with Gasteiger partial charge in [0.2, 0.25) is 0 Å². The van der Waals surface area contributed by atoms with Crippen molar-refractivity contribution in [2.75, 3.05) is 19.4 Å². The molecule has 3 unspecified atom stereocenters. The van der Waals surface area contributed by atoms with E-state index in [1.54, 1.807) is 0 Å². The maximum absolute atomic E-state index is 3.81. The van der Waals surface area contributed by atoms with Gasteiger partial charge in [0.25, 0.3) is 0 Å². The van der Waals surface area contributed by atoms with E-state index in [-0.39, 0.29) is 0 Å². The highest BCUT2D eigenvalue weighted by molar-refractivity contribution is 5.45. The lowest BCUT2D eigenvalue weighted by Crippen LogP contribution is -2.37. The van der Waals surface area contributed by atoms with Crippen LogP contribution >= 0.6 is 0 Å². The average Bonchev–Trinajstić information content (AvgIpc) is 2.40. The minimum absolute atomic E-state index is 0.633. The molecule has 0 amide bonds. The number of hydrogen-bond acceptors (Lipinski definition) is 2. The summed E-state index contributed by atoms with van der Waals surface area (Å²) in [7, 11) is 4.23. The van der Waals surface area contributed by atoms with E-state index in [1.807, 2.05) is 0 Å². The normalized spacial score (nSPS) is 26.3. The quantitative estimate of drug-likeness (QED) is 0.850. The lowest BCUT2D eigenvalue weighted by atomic mass is 9.74. The number of benzene rings is 1. The summed E-state index contributed by atoms with van der Waals surface area (Å²) in [5.74, 6) is 2.43. The third kappa shape index (κ3) is 4.74. The average molecular weight is 288 g/mol. The standard InChI is InChI=1S/C19H32N2/c1-14(2)18-11-6-15(3)12-19(18)20-17-9-7-16(8-10-17)13-21(4)5/h7-10,14-15,18-20H,6,11-13H2,1-5H3. The van der Waals surface area contributed by atoms with Crippen molar-refractivity contribution in [3.63, 3.8) is 0 Å². The molecule has 1 fully saturated rings. The Labute approximate surface area is 130 Å². The van der Waals surface area contributed by atoms with Gasteiger partial charge < -0.3 is 10.2 Å². The van der Waals surface area contributed by atoms with Crippen LogP contribution in [0.5, 0.6) is 0 Å². The predicted molar refractivity (Wildman–Crippen MR) is 92.6 cm³/mol. The maximum atomic E-state index is 3.81. The molecule has 2 rings (SSSR count). The third-order valence-corrected chi connectivity index (χ3v) is 4.83. The zero-order valence-corrected chi connectivity index (χ0v) is 14.4. The lowest BCUT2D eigenvalue weighted by molar-refractivity contribution is 0.212. The molecule has 21 heavy (non-hydrogen) atoms. The number of nitrogens with one attached hydrogen (secondary N) is 1. The Morgan fingerprint density at radius 2 is 1.81 bits per heavy atom. The molecule has 0 aromatic heterocycles.